The largest absolute Gasteiger partial charge is 0.325 e. The zero-order valence-corrected chi connectivity index (χ0v) is 11.0. The molecule has 0 bridgehead atoms. The number of hydrogen-bond acceptors (Lipinski definition) is 3. The van der Waals surface area contributed by atoms with Crippen molar-refractivity contribution in [1.82, 2.24) is 5.32 Å². The zero-order chi connectivity index (χ0) is 10.7. The summed E-state index contributed by atoms with van der Waals surface area (Å²) < 4.78 is 1.17. The second-order valence-electron chi connectivity index (χ2n) is 3.27. The standard InChI is InChI=1S/C10H11IN2OS/c11-7-1-3-8(4-2-7)13-10(14)9-5-15-6-12-9/h1-4,9,12H,5-6H2,(H,13,14)/t9-/m1/s1. The van der Waals surface area contributed by atoms with Crippen molar-refractivity contribution in [2.45, 2.75) is 6.04 Å². The molecule has 1 amide bonds. The number of anilines is 1. The normalized spacial score (nSPS) is 20.2. The van der Waals surface area contributed by atoms with Crippen LogP contribution in [0.3, 0.4) is 0 Å². The van der Waals surface area contributed by atoms with E-state index in [9.17, 15) is 4.79 Å². The van der Waals surface area contributed by atoms with Crippen molar-refractivity contribution < 1.29 is 4.79 Å². The van der Waals surface area contributed by atoms with Crippen LogP contribution >= 0.6 is 34.4 Å². The maximum atomic E-state index is 11.7. The third-order valence-electron chi connectivity index (χ3n) is 2.14. The van der Waals surface area contributed by atoms with E-state index in [2.05, 4.69) is 33.2 Å². The fourth-order valence-electron chi connectivity index (χ4n) is 1.33. The van der Waals surface area contributed by atoms with Crippen LogP contribution in [-0.2, 0) is 4.79 Å². The van der Waals surface area contributed by atoms with E-state index in [1.807, 2.05) is 24.3 Å². The highest BCUT2D eigenvalue weighted by Crippen LogP contribution is 2.14. The van der Waals surface area contributed by atoms with Crippen molar-refractivity contribution in [1.29, 1.82) is 0 Å². The van der Waals surface area contributed by atoms with Crippen molar-refractivity contribution in [2.24, 2.45) is 0 Å². The van der Waals surface area contributed by atoms with Crippen LogP contribution in [-0.4, -0.2) is 23.6 Å². The lowest BCUT2D eigenvalue weighted by Gasteiger charge is -2.10. The Bertz CT molecular complexity index is 349. The van der Waals surface area contributed by atoms with Gasteiger partial charge >= 0.3 is 0 Å². The molecule has 0 unspecified atom stereocenters. The van der Waals surface area contributed by atoms with Gasteiger partial charge in [-0.1, -0.05) is 0 Å². The van der Waals surface area contributed by atoms with E-state index < -0.39 is 0 Å². The van der Waals surface area contributed by atoms with Gasteiger partial charge in [0, 0.05) is 20.9 Å². The number of benzene rings is 1. The number of hydrogen-bond donors (Lipinski definition) is 2. The number of nitrogens with one attached hydrogen (secondary N) is 2. The summed E-state index contributed by atoms with van der Waals surface area (Å²) in [6, 6.07) is 7.75. The summed E-state index contributed by atoms with van der Waals surface area (Å²) in [6.45, 7) is 0. The average Bonchev–Trinajstić information content (AvgIpc) is 2.74. The van der Waals surface area contributed by atoms with Crippen molar-refractivity contribution in [2.75, 3.05) is 16.9 Å². The first-order chi connectivity index (χ1) is 7.25. The van der Waals surface area contributed by atoms with E-state index in [-0.39, 0.29) is 11.9 Å². The monoisotopic (exact) mass is 334 g/mol. The topological polar surface area (TPSA) is 41.1 Å². The van der Waals surface area contributed by atoms with Crippen molar-refractivity contribution in [3.63, 3.8) is 0 Å². The SMILES string of the molecule is O=C(Nc1ccc(I)cc1)[C@H]1CSCN1. The third kappa shape index (κ3) is 3.09. The number of rotatable bonds is 2. The summed E-state index contributed by atoms with van der Waals surface area (Å²) in [7, 11) is 0. The molecule has 0 aliphatic carbocycles. The lowest BCUT2D eigenvalue weighted by atomic mass is 10.3. The molecule has 5 heteroatoms. The zero-order valence-electron chi connectivity index (χ0n) is 8.00. The number of thioether (sulfide) groups is 1. The number of halogens is 1. The summed E-state index contributed by atoms with van der Waals surface area (Å²) in [4.78, 5) is 11.7. The van der Waals surface area contributed by atoms with Gasteiger partial charge in [-0.15, -0.1) is 11.8 Å². The van der Waals surface area contributed by atoms with Crippen LogP contribution in [0.25, 0.3) is 0 Å². The number of carbonyl (C=O) groups is 1. The Morgan fingerprint density at radius 1 is 1.47 bits per heavy atom. The number of carbonyl (C=O) groups excluding carboxylic acids is 1. The Labute approximate surface area is 107 Å². The lowest BCUT2D eigenvalue weighted by Crippen LogP contribution is -2.37. The van der Waals surface area contributed by atoms with Crippen LogP contribution < -0.4 is 10.6 Å². The van der Waals surface area contributed by atoms with E-state index in [0.29, 0.717) is 0 Å². The third-order valence-corrected chi connectivity index (χ3v) is 3.80. The van der Waals surface area contributed by atoms with Crippen LogP contribution in [0.5, 0.6) is 0 Å². The summed E-state index contributed by atoms with van der Waals surface area (Å²) in [5, 5.41) is 6.03. The first-order valence-electron chi connectivity index (χ1n) is 4.63. The fourth-order valence-corrected chi connectivity index (χ4v) is 2.63. The van der Waals surface area contributed by atoms with Crippen molar-refractivity contribution in [3.05, 3.63) is 27.8 Å². The van der Waals surface area contributed by atoms with Gasteiger partial charge in [-0.05, 0) is 46.9 Å². The Hall–Kier alpha value is -0.270. The van der Waals surface area contributed by atoms with Crippen LogP contribution in [0.2, 0.25) is 0 Å². The predicted octanol–water partition coefficient (Wildman–Crippen LogP) is 1.89. The molecule has 1 aromatic carbocycles. The molecule has 1 aromatic rings. The van der Waals surface area contributed by atoms with Crippen molar-refractivity contribution in [3.8, 4) is 0 Å². The first kappa shape index (κ1) is 11.2. The molecule has 1 heterocycles. The van der Waals surface area contributed by atoms with Gasteiger partial charge in [0.15, 0.2) is 0 Å². The lowest BCUT2D eigenvalue weighted by molar-refractivity contribution is -0.117. The minimum absolute atomic E-state index is 0.0470. The molecule has 0 saturated carbocycles. The molecule has 0 radical (unpaired) electrons. The van der Waals surface area contributed by atoms with Gasteiger partial charge in [-0.3, -0.25) is 10.1 Å². The minimum Gasteiger partial charge on any atom is -0.325 e. The predicted molar refractivity (Wildman–Crippen MR) is 72.0 cm³/mol. The van der Waals surface area contributed by atoms with E-state index in [4.69, 9.17) is 0 Å². The summed E-state index contributed by atoms with van der Waals surface area (Å²) in [5.74, 6) is 1.78. The smallest absolute Gasteiger partial charge is 0.242 e. The maximum absolute atomic E-state index is 11.7. The summed E-state index contributed by atoms with van der Waals surface area (Å²) >= 11 is 3.99. The Balaban J connectivity index is 1.96. The highest BCUT2D eigenvalue weighted by molar-refractivity contribution is 14.1. The van der Waals surface area contributed by atoms with E-state index in [1.54, 1.807) is 11.8 Å². The van der Waals surface area contributed by atoms with Gasteiger partial charge in [0.1, 0.15) is 0 Å². The van der Waals surface area contributed by atoms with Gasteiger partial charge in [0.05, 0.1) is 6.04 Å². The molecule has 2 N–H and O–H groups in total. The molecule has 1 fully saturated rings. The Kier molecular flexibility index (Phi) is 3.87. The average molecular weight is 334 g/mol. The summed E-state index contributed by atoms with van der Waals surface area (Å²) in [5.41, 5.74) is 0.860. The molecule has 2 rings (SSSR count). The van der Waals surface area contributed by atoms with Gasteiger partial charge < -0.3 is 5.32 Å². The highest BCUT2D eigenvalue weighted by Gasteiger charge is 2.22. The molecular weight excluding hydrogens is 323 g/mol. The van der Waals surface area contributed by atoms with Gasteiger partial charge in [-0.2, -0.15) is 0 Å². The second kappa shape index (κ2) is 5.18. The molecule has 80 valence electrons. The van der Waals surface area contributed by atoms with Crippen molar-refractivity contribution >= 4 is 45.9 Å². The molecule has 1 aliphatic rings. The van der Waals surface area contributed by atoms with E-state index in [1.165, 1.54) is 3.57 Å². The molecule has 3 nitrogen and oxygen atoms in total. The molecule has 0 spiro atoms. The molecule has 0 aromatic heterocycles. The molecule has 1 aliphatic heterocycles. The summed E-state index contributed by atoms with van der Waals surface area (Å²) in [6.07, 6.45) is 0. The Morgan fingerprint density at radius 2 is 2.20 bits per heavy atom. The van der Waals surface area contributed by atoms with Crippen LogP contribution in [0, 0.1) is 3.57 Å². The Morgan fingerprint density at radius 3 is 2.80 bits per heavy atom. The fraction of sp³-hybridized carbons (Fsp3) is 0.300. The second-order valence-corrected chi connectivity index (χ2v) is 5.54. The van der Waals surface area contributed by atoms with Crippen LogP contribution in [0.4, 0.5) is 5.69 Å². The number of amides is 1. The van der Waals surface area contributed by atoms with Crippen LogP contribution in [0.15, 0.2) is 24.3 Å². The van der Waals surface area contributed by atoms with Gasteiger partial charge in [-0.25, -0.2) is 0 Å². The maximum Gasteiger partial charge on any atom is 0.242 e. The quantitative estimate of drug-likeness (QED) is 0.812. The molecule has 1 saturated heterocycles. The van der Waals surface area contributed by atoms with Gasteiger partial charge in [0.25, 0.3) is 0 Å². The van der Waals surface area contributed by atoms with E-state index >= 15 is 0 Å². The van der Waals surface area contributed by atoms with Gasteiger partial charge in [0.2, 0.25) is 5.91 Å². The highest BCUT2D eigenvalue weighted by atomic mass is 127. The molecule has 1 atom stereocenters. The minimum atomic E-state index is -0.0470. The van der Waals surface area contributed by atoms with Crippen LogP contribution in [0.1, 0.15) is 0 Å². The first-order valence-corrected chi connectivity index (χ1v) is 6.86. The molecular formula is C10H11IN2OS. The molecule has 15 heavy (non-hydrogen) atoms. The van der Waals surface area contributed by atoms with E-state index in [0.717, 1.165) is 17.3 Å².